The van der Waals surface area contributed by atoms with Gasteiger partial charge in [-0.2, -0.15) is 4.98 Å². The molecule has 0 bridgehead atoms. The summed E-state index contributed by atoms with van der Waals surface area (Å²) in [5.41, 5.74) is 5.27. The maximum atomic E-state index is 12.2. The first kappa shape index (κ1) is 25.7. The van der Waals surface area contributed by atoms with Crippen LogP contribution in [0.3, 0.4) is 0 Å². The number of aromatic amines is 1. The molecule has 1 aliphatic heterocycles. The molecule has 11 nitrogen and oxygen atoms in total. The van der Waals surface area contributed by atoms with Crippen LogP contribution in [0.4, 0.5) is 23.1 Å². The smallest absolute Gasteiger partial charge is 0.229 e. The summed E-state index contributed by atoms with van der Waals surface area (Å²) in [6.45, 7) is 6.30. The number of rotatable bonds is 10. The Morgan fingerprint density at radius 1 is 1.05 bits per heavy atom. The predicted octanol–water partition coefficient (Wildman–Crippen LogP) is 3.56. The van der Waals surface area contributed by atoms with Crippen LogP contribution in [0.2, 0.25) is 0 Å². The molecule has 12 heteroatoms. The molecule has 6 rings (SSSR count). The third-order valence-corrected chi connectivity index (χ3v) is 8.76. The van der Waals surface area contributed by atoms with Gasteiger partial charge in [-0.25, -0.2) is 23.1 Å². The normalized spacial score (nSPS) is 16.4. The SMILES string of the molecule is Cc1cnc(Nc2ccc3[nH]c(CN4CCOCC4)nc3c2)nc1Nc1cccc(CNS(=O)(=O)C2CC2)c1. The van der Waals surface area contributed by atoms with Gasteiger partial charge in [-0.15, -0.1) is 0 Å². The molecular formula is C27H32N8O3S. The van der Waals surface area contributed by atoms with Gasteiger partial charge in [-0.05, 0) is 55.7 Å². The number of hydrogen-bond donors (Lipinski definition) is 4. The number of sulfonamides is 1. The quantitative estimate of drug-likeness (QED) is 0.234. The molecule has 2 aliphatic rings. The van der Waals surface area contributed by atoms with Gasteiger partial charge in [0.1, 0.15) is 11.6 Å². The predicted molar refractivity (Wildman–Crippen MR) is 151 cm³/mol. The van der Waals surface area contributed by atoms with Crippen molar-refractivity contribution in [3.05, 3.63) is 65.6 Å². The molecule has 0 atom stereocenters. The summed E-state index contributed by atoms with van der Waals surface area (Å²) < 4.78 is 32.5. The van der Waals surface area contributed by atoms with E-state index >= 15 is 0 Å². The van der Waals surface area contributed by atoms with E-state index in [1.165, 1.54) is 0 Å². The highest BCUT2D eigenvalue weighted by atomic mass is 32.2. The van der Waals surface area contributed by atoms with Gasteiger partial charge < -0.3 is 20.4 Å². The minimum atomic E-state index is -3.23. The lowest BCUT2D eigenvalue weighted by atomic mass is 10.2. The van der Waals surface area contributed by atoms with E-state index in [4.69, 9.17) is 9.72 Å². The number of fused-ring (bicyclic) bond motifs is 1. The van der Waals surface area contributed by atoms with Gasteiger partial charge in [0.15, 0.2) is 0 Å². The van der Waals surface area contributed by atoms with E-state index in [9.17, 15) is 8.42 Å². The molecule has 0 radical (unpaired) electrons. The highest BCUT2D eigenvalue weighted by molar-refractivity contribution is 7.90. The minimum Gasteiger partial charge on any atom is -0.379 e. The van der Waals surface area contributed by atoms with Crippen molar-refractivity contribution in [1.82, 2.24) is 29.6 Å². The van der Waals surface area contributed by atoms with Gasteiger partial charge in [0.25, 0.3) is 0 Å². The van der Waals surface area contributed by atoms with Crippen LogP contribution in [0, 0.1) is 6.92 Å². The van der Waals surface area contributed by atoms with Gasteiger partial charge >= 0.3 is 0 Å². The van der Waals surface area contributed by atoms with Crippen molar-refractivity contribution in [1.29, 1.82) is 0 Å². The lowest BCUT2D eigenvalue weighted by Gasteiger charge is -2.25. The van der Waals surface area contributed by atoms with Gasteiger partial charge in [-0.3, -0.25) is 4.90 Å². The summed E-state index contributed by atoms with van der Waals surface area (Å²) in [6, 6.07) is 13.6. The summed E-state index contributed by atoms with van der Waals surface area (Å²) >= 11 is 0. The number of imidazole rings is 1. The Kier molecular flexibility index (Phi) is 7.17. The van der Waals surface area contributed by atoms with Gasteiger partial charge in [-0.1, -0.05) is 12.1 Å². The molecule has 3 heterocycles. The van der Waals surface area contributed by atoms with Gasteiger partial charge in [0, 0.05) is 42.8 Å². The van der Waals surface area contributed by atoms with Crippen molar-refractivity contribution in [3.8, 4) is 0 Å². The Hall–Kier alpha value is -3.58. The molecule has 0 spiro atoms. The Morgan fingerprint density at radius 2 is 1.87 bits per heavy atom. The molecule has 39 heavy (non-hydrogen) atoms. The lowest BCUT2D eigenvalue weighted by Crippen LogP contribution is -2.35. The van der Waals surface area contributed by atoms with E-state index in [0.717, 1.165) is 85.0 Å². The average Bonchev–Trinajstić information content (AvgIpc) is 3.72. The number of hydrogen-bond acceptors (Lipinski definition) is 9. The Balaban J connectivity index is 1.13. The molecule has 4 aromatic rings. The number of aryl methyl sites for hydroxylation is 1. The number of H-pyrrole nitrogens is 1. The topological polar surface area (TPSA) is 137 Å². The standard InChI is InChI=1S/C27H32N8O3S/c1-18-15-28-27(31-21-5-8-23-24(14-21)33-25(32-23)17-35-9-11-38-12-10-35)34-26(18)30-20-4-2-3-19(13-20)16-29-39(36,37)22-6-7-22/h2-5,8,13-15,22,29H,6-7,9-12,16-17H2,1H3,(H,32,33)(H2,28,30,31,34). The van der Waals surface area contributed by atoms with Crippen molar-refractivity contribution in [2.75, 3.05) is 36.9 Å². The van der Waals surface area contributed by atoms with Crippen molar-refractivity contribution in [2.45, 2.75) is 38.1 Å². The van der Waals surface area contributed by atoms with Crippen LogP contribution in [0.15, 0.2) is 48.7 Å². The maximum Gasteiger partial charge on any atom is 0.229 e. The molecule has 2 aromatic heterocycles. The van der Waals surface area contributed by atoms with E-state index in [1.807, 2.05) is 49.4 Å². The first-order valence-corrected chi connectivity index (χ1v) is 14.7. The van der Waals surface area contributed by atoms with Crippen LogP contribution in [-0.4, -0.2) is 64.8 Å². The third kappa shape index (κ3) is 6.36. The van der Waals surface area contributed by atoms with Crippen molar-refractivity contribution in [3.63, 3.8) is 0 Å². The molecule has 1 aliphatic carbocycles. The monoisotopic (exact) mass is 548 g/mol. The fourth-order valence-corrected chi connectivity index (χ4v) is 5.88. The second-order valence-electron chi connectivity index (χ2n) is 10.0. The summed E-state index contributed by atoms with van der Waals surface area (Å²) in [5, 5.41) is 6.39. The highest BCUT2D eigenvalue weighted by Crippen LogP contribution is 2.28. The summed E-state index contributed by atoms with van der Waals surface area (Å²) in [7, 11) is -3.23. The van der Waals surface area contributed by atoms with Crippen molar-refractivity contribution < 1.29 is 13.2 Å². The number of nitrogens with zero attached hydrogens (tertiary/aromatic N) is 4. The zero-order valence-electron chi connectivity index (χ0n) is 21.8. The largest absolute Gasteiger partial charge is 0.379 e. The van der Waals surface area contributed by atoms with Crippen molar-refractivity contribution in [2.24, 2.45) is 0 Å². The summed E-state index contributed by atoms with van der Waals surface area (Å²) in [6.07, 6.45) is 3.25. The zero-order valence-corrected chi connectivity index (χ0v) is 22.6. The number of anilines is 4. The Morgan fingerprint density at radius 3 is 2.69 bits per heavy atom. The fraction of sp³-hybridized carbons (Fsp3) is 0.370. The fourth-order valence-electron chi connectivity index (χ4n) is 4.52. The second-order valence-corrected chi connectivity index (χ2v) is 12.1. The van der Waals surface area contributed by atoms with Crippen LogP contribution in [0.1, 0.15) is 29.8 Å². The van der Waals surface area contributed by atoms with Crippen LogP contribution >= 0.6 is 0 Å². The minimum absolute atomic E-state index is 0.237. The van der Waals surface area contributed by atoms with Crippen molar-refractivity contribution >= 4 is 44.2 Å². The van der Waals surface area contributed by atoms with E-state index in [0.29, 0.717) is 11.8 Å². The number of morpholine rings is 1. The first-order chi connectivity index (χ1) is 18.9. The molecule has 1 saturated carbocycles. The van der Waals surface area contributed by atoms with Crippen LogP contribution in [0.25, 0.3) is 11.0 Å². The number of nitrogens with one attached hydrogen (secondary N) is 4. The van der Waals surface area contributed by atoms with Crippen LogP contribution in [0.5, 0.6) is 0 Å². The van der Waals surface area contributed by atoms with Crippen LogP contribution < -0.4 is 15.4 Å². The zero-order chi connectivity index (χ0) is 26.8. The summed E-state index contributed by atoms with van der Waals surface area (Å²) in [5.74, 6) is 2.06. The van der Waals surface area contributed by atoms with E-state index in [-0.39, 0.29) is 11.8 Å². The summed E-state index contributed by atoms with van der Waals surface area (Å²) in [4.78, 5) is 19.6. The van der Waals surface area contributed by atoms with E-state index in [2.05, 4.69) is 35.2 Å². The third-order valence-electron chi connectivity index (χ3n) is 6.87. The number of ether oxygens (including phenoxy) is 1. The molecular weight excluding hydrogens is 516 g/mol. The van der Waals surface area contributed by atoms with E-state index in [1.54, 1.807) is 6.20 Å². The lowest BCUT2D eigenvalue weighted by molar-refractivity contribution is 0.0332. The molecule has 1 saturated heterocycles. The molecule has 2 fully saturated rings. The molecule has 4 N–H and O–H groups in total. The first-order valence-electron chi connectivity index (χ1n) is 13.2. The second kappa shape index (κ2) is 10.9. The van der Waals surface area contributed by atoms with Crippen LogP contribution in [-0.2, 0) is 27.8 Å². The average molecular weight is 549 g/mol. The van der Waals surface area contributed by atoms with E-state index < -0.39 is 10.0 Å². The highest BCUT2D eigenvalue weighted by Gasteiger charge is 2.35. The molecule has 2 aromatic carbocycles. The van der Waals surface area contributed by atoms with Gasteiger partial charge in [0.2, 0.25) is 16.0 Å². The number of aromatic nitrogens is 4. The van der Waals surface area contributed by atoms with Gasteiger partial charge in [0.05, 0.1) is 36.0 Å². The Labute approximate surface area is 227 Å². The Bertz CT molecular complexity index is 1580. The molecule has 204 valence electrons. The maximum absolute atomic E-state index is 12.2. The number of benzene rings is 2. The molecule has 0 amide bonds. The molecule has 0 unspecified atom stereocenters.